The fourth-order valence-corrected chi connectivity index (χ4v) is 2.10. The number of fused-ring (bicyclic) bond motifs is 1. The zero-order chi connectivity index (χ0) is 16.2. The number of benzene rings is 2. The molecule has 23 heavy (non-hydrogen) atoms. The summed E-state index contributed by atoms with van der Waals surface area (Å²) in [5.41, 5.74) is 2.73. The maximum Gasteiger partial charge on any atom is 0.338 e. The number of amides is 1. The minimum absolute atomic E-state index is 0.271. The monoisotopic (exact) mass is 310 g/mol. The molecule has 1 amide bonds. The largest absolute Gasteiger partial charge is 0.462 e. The van der Waals surface area contributed by atoms with Gasteiger partial charge in [-0.2, -0.15) is 0 Å². The topological polar surface area (TPSA) is 81.4 Å². The minimum atomic E-state index is -0.388. The molecule has 3 aromatic rings. The van der Waals surface area contributed by atoms with E-state index in [1.165, 1.54) is 6.39 Å². The highest BCUT2D eigenvalue weighted by Gasteiger charge is 2.10. The van der Waals surface area contributed by atoms with Crippen molar-refractivity contribution in [2.45, 2.75) is 6.92 Å². The molecule has 0 spiro atoms. The number of esters is 1. The third kappa shape index (κ3) is 3.21. The summed E-state index contributed by atoms with van der Waals surface area (Å²) in [5, 5.41) is 2.76. The molecule has 2 aromatic carbocycles. The van der Waals surface area contributed by atoms with E-state index in [-0.39, 0.29) is 11.9 Å². The van der Waals surface area contributed by atoms with Gasteiger partial charge < -0.3 is 14.5 Å². The zero-order valence-corrected chi connectivity index (χ0v) is 12.4. The Bertz CT molecular complexity index is 852. The molecule has 3 rings (SSSR count). The number of nitrogens with zero attached hydrogens (tertiary/aromatic N) is 1. The predicted molar refractivity (Wildman–Crippen MR) is 84.4 cm³/mol. The Morgan fingerprint density at radius 3 is 2.61 bits per heavy atom. The number of carbonyl (C=O) groups excluding carboxylic acids is 2. The first-order valence-corrected chi connectivity index (χ1v) is 7.09. The first kappa shape index (κ1) is 14.8. The van der Waals surface area contributed by atoms with Gasteiger partial charge in [-0.3, -0.25) is 4.79 Å². The van der Waals surface area contributed by atoms with Crippen LogP contribution in [0.5, 0.6) is 0 Å². The van der Waals surface area contributed by atoms with Crippen LogP contribution >= 0.6 is 0 Å². The van der Waals surface area contributed by atoms with Gasteiger partial charge in [0.25, 0.3) is 5.91 Å². The minimum Gasteiger partial charge on any atom is -0.462 e. The van der Waals surface area contributed by atoms with Gasteiger partial charge in [-0.05, 0) is 49.4 Å². The third-order valence-electron chi connectivity index (χ3n) is 3.25. The van der Waals surface area contributed by atoms with Crippen LogP contribution in [0.1, 0.15) is 27.6 Å². The Morgan fingerprint density at radius 2 is 1.87 bits per heavy atom. The van der Waals surface area contributed by atoms with Gasteiger partial charge in [-0.1, -0.05) is 0 Å². The van der Waals surface area contributed by atoms with Crippen LogP contribution in [0.4, 0.5) is 5.69 Å². The van der Waals surface area contributed by atoms with Crippen LogP contribution in [0.15, 0.2) is 53.3 Å². The van der Waals surface area contributed by atoms with Crippen molar-refractivity contribution >= 4 is 28.7 Å². The summed E-state index contributed by atoms with van der Waals surface area (Å²) in [4.78, 5) is 27.8. The molecular weight excluding hydrogens is 296 g/mol. The summed E-state index contributed by atoms with van der Waals surface area (Å²) < 4.78 is 10.1. The van der Waals surface area contributed by atoms with Gasteiger partial charge in [-0.25, -0.2) is 9.78 Å². The van der Waals surface area contributed by atoms with Crippen LogP contribution in [-0.2, 0) is 4.74 Å². The van der Waals surface area contributed by atoms with E-state index in [1.54, 1.807) is 49.4 Å². The maximum atomic E-state index is 12.2. The van der Waals surface area contributed by atoms with Crippen molar-refractivity contribution in [2.75, 3.05) is 11.9 Å². The number of hydrogen-bond donors (Lipinski definition) is 1. The van der Waals surface area contributed by atoms with Gasteiger partial charge in [0.05, 0.1) is 12.2 Å². The average molecular weight is 310 g/mol. The number of anilines is 1. The molecule has 0 aliphatic rings. The molecule has 0 saturated carbocycles. The van der Waals surface area contributed by atoms with E-state index in [0.29, 0.717) is 34.5 Å². The molecule has 0 fully saturated rings. The van der Waals surface area contributed by atoms with Crippen LogP contribution in [-0.4, -0.2) is 23.5 Å². The van der Waals surface area contributed by atoms with Gasteiger partial charge in [0.1, 0.15) is 5.52 Å². The van der Waals surface area contributed by atoms with Gasteiger partial charge in [0.15, 0.2) is 12.0 Å². The Morgan fingerprint density at radius 1 is 1.13 bits per heavy atom. The van der Waals surface area contributed by atoms with Crippen molar-refractivity contribution in [1.82, 2.24) is 4.98 Å². The highest BCUT2D eigenvalue weighted by atomic mass is 16.5. The molecule has 0 aliphatic carbocycles. The van der Waals surface area contributed by atoms with E-state index in [1.807, 2.05) is 0 Å². The summed E-state index contributed by atoms with van der Waals surface area (Å²) in [6, 6.07) is 11.5. The van der Waals surface area contributed by atoms with Crippen LogP contribution in [0.2, 0.25) is 0 Å². The van der Waals surface area contributed by atoms with Crippen LogP contribution < -0.4 is 5.32 Å². The van der Waals surface area contributed by atoms with E-state index in [4.69, 9.17) is 9.15 Å². The lowest BCUT2D eigenvalue weighted by Crippen LogP contribution is -2.12. The second kappa shape index (κ2) is 6.31. The molecule has 1 N–H and O–H groups in total. The summed E-state index contributed by atoms with van der Waals surface area (Å²) in [6.45, 7) is 2.07. The standard InChI is InChI=1S/C17H14N2O4/c1-2-22-17(21)11-3-6-13(7-4-11)19-16(20)12-5-8-14-15(9-12)23-10-18-14/h3-10H,2H2,1H3,(H,19,20). The lowest BCUT2D eigenvalue weighted by Gasteiger charge is -2.06. The molecule has 0 aliphatic heterocycles. The lowest BCUT2D eigenvalue weighted by molar-refractivity contribution is 0.0526. The molecule has 1 heterocycles. The number of carbonyl (C=O) groups is 2. The van der Waals surface area contributed by atoms with Gasteiger partial charge in [0.2, 0.25) is 0 Å². The fourth-order valence-electron chi connectivity index (χ4n) is 2.10. The van der Waals surface area contributed by atoms with Gasteiger partial charge in [0, 0.05) is 11.3 Å². The maximum absolute atomic E-state index is 12.2. The fraction of sp³-hybridized carbons (Fsp3) is 0.118. The van der Waals surface area contributed by atoms with Crippen molar-refractivity contribution in [2.24, 2.45) is 0 Å². The number of ether oxygens (including phenoxy) is 1. The van der Waals surface area contributed by atoms with Crippen molar-refractivity contribution in [3.63, 3.8) is 0 Å². The zero-order valence-electron chi connectivity index (χ0n) is 12.4. The van der Waals surface area contributed by atoms with E-state index in [9.17, 15) is 9.59 Å². The van der Waals surface area contributed by atoms with E-state index >= 15 is 0 Å². The van der Waals surface area contributed by atoms with Crippen molar-refractivity contribution in [3.05, 3.63) is 60.0 Å². The highest BCUT2D eigenvalue weighted by molar-refractivity contribution is 6.05. The molecule has 6 nitrogen and oxygen atoms in total. The Labute approximate surface area is 132 Å². The smallest absolute Gasteiger partial charge is 0.338 e. The highest BCUT2D eigenvalue weighted by Crippen LogP contribution is 2.16. The Hall–Kier alpha value is -3.15. The SMILES string of the molecule is CCOC(=O)c1ccc(NC(=O)c2ccc3ncoc3c2)cc1. The van der Waals surface area contributed by atoms with E-state index in [2.05, 4.69) is 10.3 Å². The van der Waals surface area contributed by atoms with Gasteiger partial charge in [-0.15, -0.1) is 0 Å². The molecular formula is C17H14N2O4. The molecule has 0 bridgehead atoms. The second-order valence-electron chi connectivity index (χ2n) is 4.79. The lowest BCUT2D eigenvalue weighted by atomic mass is 10.1. The predicted octanol–water partition coefficient (Wildman–Crippen LogP) is 3.26. The van der Waals surface area contributed by atoms with Crippen LogP contribution in [0.3, 0.4) is 0 Å². The molecule has 6 heteroatoms. The molecule has 0 saturated heterocycles. The normalized spacial score (nSPS) is 10.5. The Balaban J connectivity index is 1.73. The van der Waals surface area contributed by atoms with Crippen molar-refractivity contribution < 1.29 is 18.7 Å². The molecule has 0 unspecified atom stereocenters. The Kier molecular flexibility index (Phi) is 4.05. The molecule has 0 atom stereocenters. The summed E-state index contributed by atoms with van der Waals surface area (Å²) >= 11 is 0. The molecule has 0 radical (unpaired) electrons. The average Bonchev–Trinajstić information content (AvgIpc) is 3.03. The van der Waals surface area contributed by atoms with Crippen LogP contribution in [0.25, 0.3) is 11.1 Å². The first-order chi connectivity index (χ1) is 11.2. The molecule has 116 valence electrons. The van der Waals surface area contributed by atoms with E-state index in [0.717, 1.165) is 0 Å². The number of oxazole rings is 1. The summed E-state index contributed by atoms with van der Waals surface area (Å²) in [5.74, 6) is -0.659. The summed E-state index contributed by atoms with van der Waals surface area (Å²) in [7, 11) is 0. The second-order valence-corrected chi connectivity index (χ2v) is 4.79. The quantitative estimate of drug-likeness (QED) is 0.748. The van der Waals surface area contributed by atoms with Crippen LogP contribution in [0, 0.1) is 0 Å². The number of rotatable bonds is 4. The number of nitrogens with one attached hydrogen (secondary N) is 1. The van der Waals surface area contributed by atoms with Crippen molar-refractivity contribution in [1.29, 1.82) is 0 Å². The van der Waals surface area contributed by atoms with Crippen molar-refractivity contribution in [3.8, 4) is 0 Å². The third-order valence-corrected chi connectivity index (χ3v) is 3.25. The molecule has 1 aromatic heterocycles. The van der Waals surface area contributed by atoms with E-state index < -0.39 is 0 Å². The first-order valence-electron chi connectivity index (χ1n) is 7.09. The summed E-state index contributed by atoms with van der Waals surface area (Å²) in [6.07, 6.45) is 1.33. The number of aromatic nitrogens is 1. The van der Waals surface area contributed by atoms with Gasteiger partial charge >= 0.3 is 5.97 Å². The number of hydrogen-bond acceptors (Lipinski definition) is 5.